The van der Waals surface area contributed by atoms with Crippen LogP contribution in [0.15, 0.2) is 12.4 Å². The highest BCUT2D eigenvalue weighted by molar-refractivity contribution is 8.00. The van der Waals surface area contributed by atoms with Gasteiger partial charge in [-0.1, -0.05) is 13.8 Å². The number of H-pyrrole nitrogens is 1. The zero-order chi connectivity index (χ0) is 11.8. The summed E-state index contributed by atoms with van der Waals surface area (Å²) < 4.78 is 0. The highest BCUT2D eigenvalue weighted by atomic mass is 32.2. The molecular formula is C11H19N3OS. The number of nitrogens with one attached hydrogen (secondary N) is 2. The van der Waals surface area contributed by atoms with E-state index in [-0.39, 0.29) is 5.91 Å². The van der Waals surface area contributed by atoms with Crippen molar-refractivity contribution >= 4 is 17.7 Å². The van der Waals surface area contributed by atoms with Crippen molar-refractivity contribution < 1.29 is 4.79 Å². The number of aryl methyl sites for hydroxylation is 1. The minimum Gasteiger partial charge on any atom is -0.355 e. The van der Waals surface area contributed by atoms with Crippen LogP contribution in [0.2, 0.25) is 0 Å². The number of hydrogen-bond donors (Lipinski definition) is 2. The van der Waals surface area contributed by atoms with Crippen molar-refractivity contribution in [2.24, 2.45) is 0 Å². The zero-order valence-corrected chi connectivity index (χ0v) is 10.6. The lowest BCUT2D eigenvalue weighted by Crippen LogP contribution is -2.27. The van der Waals surface area contributed by atoms with Crippen LogP contribution in [0.1, 0.15) is 26.1 Å². The van der Waals surface area contributed by atoms with Crippen LogP contribution in [-0.2, 0) is 11.2 Å². The van der Waals surface area contributed by atoms with Gasteiger partial charge in [-0.05, 0) is 11.7 Å². The van der Waals surface area contributed by atoms with Crippen LogP contribution < -0.4 is 5.32 Å². The van der Waals surface area contributed by atoms with Gasteiger partial charge in [0, 0.05) is 25.4 Å². The number of thioether (sulfide) groups is 1. The molecule has 0 bridgehead atoms. The van der Waals surface area contributed by atoms with E-state index >= 15 is 0 Å². The smallest absolute Gasteiger partial charge is 0.230 e. The molecule has 2 N–H and O–H groups in total. The third kappa shape index (κ3) is 5.80. The molecule has 4 nitrogen and oxygen atoms in total. The Labute approximate surface area is 101 Å². The van der Waals surface area contributed by atoms with E-state index in [0.717, 1.165) is 25.2 Å². The zero-order valence-electron chi connectivity index (χ0n) is 9.82. The van der Waals surface area contributed by atoms with Crippen molar-refractivity contribution in [3.8, 4) is 0 Å². The van der Waals surface area contributed by atoms with Gasteiger partial charge in [-0.25, -0.2) is 4.98 Å². The van der Waals surface area contributed by atoms with E-state index in [9.17, 15) is 4.79 Å². The minimum absolute atomic E-state index is 0.123. The summed E-state index contributed by atoms with van der Waals surface area (Å²) in [7, 11) is 0. The molecule has 0 atom stereocenters. The highest BCUT2D eigenvalue weighted by Crippen LogP contribution is 2.07. The van der Waals surface area contributed by atoms with Crippen LogP contribution in [-0.4, -0.2) is 33.4 Å². The fourth-order valence-electron chi connectivity index (χ4n) is 1.21. The lowest BCUT2D eigenvalue weighted by atomic mass is 10.3. The van der Waals surface area contributed by atoms with Gasteiger partial charge < -0.3 is 10.3 Å². The van der Waals surface area contributed by atoms with E-state index in [2.05, 4.69) is 29.1 Å². The Morgan fingerprint density at radius 2 is 2.44 bits per heavy atom. The second-order valence-corrected chi connectivity index (χ2v) is 5.41. The summed E-state index contributed by atoms with van der Waals surface area (Å²) in [4.78, 5) is 18.5. The number of nitrogens with zero attached hydrogens (tertiary/aromatic N) is 1. The monoisotopic (exact) mass is 241 g/mol. The summed E-state index contributed by atoms with van der Waals surface area (Å²) in [5.74, 6) is 1.65. The molecule has 5 heteroatoms. The Morgan fingerprint density at radius 3 is 3.06 bits per heavy atom. The van der Waals surface area contributed by atoms with Crippen LogP contribution in [0, 0.1) is 0 Å². The number of carbonyl (C=O) groups excluding carboxylic acids is 1. The molecule has 1 rings (SSSR count). The van der Waals surface area contributed by atoms with E-state index in [1.54, 1.807) is 18.0 Å². The number of imidazole rings is 1. The Hall–Kier alpha value is -0.970. The molecule has 0 unspecified atom stereocenters. The molecule has 1 aromatic rings. The summed E-state index contributed by atoms with van der Waals surface area (Å²) in [6.45, 7) is 4.90. The van der Waals surface area contributed by atoms with Gasteiger partial charge in [0.05, 0.1) is 5.75 Å². The van der Waals surface area contributed by atoms with Crippen molar-refractivity contribution in [2.75, 3.05) is 12.3 Å². The molecule has 0 saturated carbocycles. The second kappa shape index (κ2) is 7.33. The lowest BCUT2D eigenvalue weighted by molar-refractivity contribution is -0.118. The maximum atomic E-state index is 11.4. The van der Waals surface area contributed by atoms with Crippen LogP contribution >= 0.6 is 11.8 Å². The second-order valence-electron chi connectivity index (χ2n) is 3.85. The lowest BCUT2D eigenvalue weighted by Gasteiger charge is -2.06. The predicted molar refractivity (Wildman–Crippen MR) is 67.5 cm³/mol. The van der Waals surface area contributed by atoms with Gasteiger partial charge >= 0.3 is 0 Å². The molecule has 16 heavy (non-hydrogen) atoms. The minimum atomic E-state index is 0.123. The molecule has 0 spiro atoms. The van der Waals surface area contributed by atoms with Crippen molar-refractivity contribution in [3.63, 3.8) is 0 Å². The predicted octanol–water partition coefficient (Wildman–Crippen LogP) is 1.60. The standard InChI is InChI=1S/C11H19N3OS/c1-9(2)16-8-11(15)14-5-3-4-10-12-6-7-13-10/h6-7,9H,3-5,8H2,1-2H3,(H,12,13)(H,14,15). The number of aromatic nitrogens is 2. The van der Waals surface area contributed by atoms with Gasteiger partial charge in [0.2, 0.25) is 5.91 Å². The molecule has 1 heterocycles. The number of aromatic amines is 1. The van der Waals surface area contributed by atoms with Gasteiger partial charge in [-0.2, -0.15) is 0 Å². The first-order valence-electron chi connectivity index (χ1n) is 5.55. The molecule has 0 aromatic carbocycles. The Bertz CT molecular complexity index is 298. The first-order valence-corrected chi connectivity index (χ1v) is 6.60. The van der Waals surface area contributed by atoms with Crippen molar-refractivity contribution in [2.45, 2.75) is 31.9 Å². The van der Waals surface area contributed by atoms with Crippen molar-refractivity contribution in [1.82, 2.24) is 15.3 Å². The molecule has 0 aliphatic rings. The summed E-state index contributed by atoms with van der Waals surface area (Å²) in [5, 5.41) is 3.41. The third-order valence-corrected chi connectivity index (χ3v) is 3.11. The van der Waals surface area contributed by atoms with Crippen molar-refractivity contribution in [3.05, 3.63) is 18.2 Å². The van der Waals surface area contributed by atoms with Gasteiger partial charge in [0.1, 0.15) is 5.82 Å². The molecule has 0 aliphatic carbocycles. The molecule has 1 aromatic heterocycles. The Balaban J connectivity index is 2.00. The number of amides is 1. The summed E-state index contributed by atoms with van der Waals surface area (Å²) in [5.41, 5.74) is 0. The Morgan fingerprint density at radius 1 is 1.62 bits per heavy atom. The maximum absolute atomic E-state index is 11.4. The number of rotatable bonds is 7. The van der Waals surface area contributed by atoms with Crippen LogP contribution in [0.25, 0.3) is 0 Å². The van der Waals surface area contributed by atoms with E-state index in [1.165, 1.54) is 0 Å². The normalized spacial score (nSPS) is 10.7. The average Bonchev–Trinajstić information content (AvgIpc) is 2.74. The summed E-state index contributed by atoms with van der Waals surface area (Å²) in [6.07, 6.45) is 5.36. The van der Waals surface area contributed by atoms with Gasteiger partial charge in [0.25, 0.3) is 0 Å². The molecular weight excluding hydrogens is 222 g/mol. The van der Waals surface area contributed by atoms with Gasteiger partial charge in [-0.3, -0.25) is 4.79 Å². The largest absolute Gasteiger partial charge is 0.355 e. The van der Waals surface area contributed by atoms with Gasteiger partial charge in [0.15, 0.2) is 0 Å². The van der Waals surface area contributed by atoms with E-state index in [0.29, 0.717) is 11.0 Å². The first-order chi connectivity index (χ1) is 7.68. The van der Waals surface area contributed by atoms with Gasteiger partial charge in [-0.15, -0.1) is 11.8 Å². The van der Waals surface area contributed by atoms with Crippen LogP contribution in [0.3, 0.4) is 0 Å². The average molecular weight is 241 g/mol. The third-order valence-electron chi connectivity index (χ3n) is 2.02. The number of carbonyl (C=O) groups is 1. The first kappa shape index (κ1) is 13.1. The van der Waals surface area contributed by atoms with Crippen LogP contribution in [0.4, 0.5) is 0 Å². The molecule has 0 fully saturated rings. The highest BCUT2D eigenvalue weighted by Gasteiger charge is 2.02. The fourth-order valence-corrected chi connectivity index (χ4v) is 1.80. The number of hydrogen-bond acceptors (Lipinski definition) is 3. The SMILES string of the molecule is CC(C)SCC(=O)NCCCc1ncc[nH]1. The maximum Gasteiger partial charge on any atom is 0.230 e. The van der Waals surface area contributed by atoms with E-state index < -0.39 is 0 Å². The fraction of sp³-hybridized carbons (Fsp3) is 0.636. The van der Waals surface area contributed by atoms with Crippen molar-refractivity contribution in [1.29, 1.82) is 0 Å². The molecule has 1 amide bonds. The molecule has 90 valence electrons. The Kier molecular flexibility index (Phi) is 6.00. The molecule has 0 aliphatic heterocycles. The summed E-state index contributed by atoms with van der Waals surface area (Å²) in [6, 6.07) is 0. The topological polar surface area (TPSA) is 57.8 Å². The van der Waals surface area contributed by atoms with Crippen LogP contribution in [0.5, 0.6) is 0 Å². The van der Waals surface area contributed by atoms with E-state index in [1.807, 2.05) is 6.20 Å². The molecule has 0 saturated heterocycles. The van der Waals surface area contributed by atoms with E-state index in [4.69, 9.17) is 0 Å². The summed E-state index contributed by atoms with van der Waals surface area (Å²) >= 11 is 1.66. The molecule has 0 radical (unpaired) electrons. The quantitative estimate of drug-likeness (QED) is 0.713.